The first-order valence-electron chi connectivity index (χ1n) is 15.0. The number of aromatic hydroxyl groups is 1. The third-order valence-corrected chi connectivity index (χ3v) is 9.69. The molecule has 4 aromatic rings. The SMILES string of the molecule is COc1ccc(CNc2ccccc2[OH+]C)c([CH]=[Ru]([Cl])[Cl])c1.Cc1cc(C)c(N2[CH-]N(c3c(C)cc(C)cc3C)CC2)c(C)c1. The Balaban J connectivity index is 0.000000205. The Morgan fingerprint density at radius 2 is 1.36 bits per heavy atom. The zero-order valence-electron chi connectivity index (χ0n) is 27.5. The number of ether oxygens (including phenoxy) is 2. The Kier molecular flexibility index (Phi) is 12.4. The second-order valence-corrected chi connectivity index (χ2v) is 17.2. The minimum Gasteiger partial charge on any atom is -0.502 e. The van der Waals surface area contributed by atoms with Crippen LogP contribution in [-0.2, 0) is 20.1 Å². The first-order chi connectivity index (χ1) is 21.5. The predicted octanol–water partition coefficient (Wildman–Crippen LogP) is 9.24. The van der Waals surface area contributed by atoms with Gasteiger partial charge >= 0.3 is 144 Å². The smallest absolute Gasteiger partial charge is 0.0146 e. The number of benzene rings is 4. The van der Waals surface area contributed by atoms with E-state index in [0.717, 1.165) is 41.4 Å². The second kappa shape index (κ2) is 16.0. The summed E-state index contributed by atoms with van der Waals surface area (Å²) in [5, 5.41) is 3.41. The number of nitrogens with zero attached hydrogens (tertiary/aromatic N) is 2. The zero-order valence-corrected chi connectivity index (χ0v) is 30.7. The van der Waals surface area contributed by atoms with Crippen LogP contribution in [0.5, 0.6) is 11.5 Å². The second-order valence-electron chi connectivity index (χ2n) is 11.5. The molecule has 5 nitrogen and oxygen atoms in total. The standard InChI is InChI=1S/C21H27N2.C16H17NO2.2ClH.Ru/c1-14-9-16(3)20(17(4)10-14)22-7-8-23(13-22)21-18(5)11-15(2)12-19(21)6;1-12-10-14(18-2)9-8-13(12)11-17-15-6-4-5-7-16(15)19-3;;;/h9-13H,7-8H2,1-6H3;1,4-10,17H,11H2,2-3H3;2*1H;/q-1;;;;+2/p-1. The van der Waals surface area contributed by atoms with Crippen LogP contribution >= 0.6 is 19.4 Å². The van der Waals surface area contributed by atoms with Gasteiger partial charge in [0.2, 0.25) is 0 Å². The number of methoxy groups -OCH3 is 1. The van der Waals surface area contributed by atoms with Gasteiger partial charge < -0.3 is 9.80 Å². The normalized spacial score (nSPS) is 12.8. The van der Waals surface area contributed by atoms with E-state index in [9.17, 15) is 0 Å². The summed E-state index contributed by atoms with van der Waals surface area (Å²) < 4.78 is 11.5. The van der Waals surface area contributed by atoms with Gasteiger partial charge in [0.05, 0.1) is 0 Å². The summed E-state index contributed by atoms with van der Waals surface area (Å²) in [6.07, 6.45) is 0. The van der Waals surface area contributed by atoms with Crippen molar-refractivity contribution >= 4 is 41.1 Å². The minimum atomic E-state index is -1.90. The maximum atomic E-state index is 6.02. The molecule has 45 heavy (non-hydrogen) atoms. The molecule has 2 N–H and O–H groups in total. The van der Waals surface area contributed by atoms with Gasteiger partial charge in [-0.05, 0) is 63.8 Å². The van der Waals surface area contributed by atoms with Gasteiger partial charge in [-0.1, -0.05) is 35.4 Å². The van der Waals surface area contributed by atoms with E-state index in [2.05, 4.69) is 92.3 Å². The van der Waals surface area contributed by atoms with Crippen molar-refractivity contribution in [3.05, 3.63) is 118 Å². The molecule has 1 saturated heterocycles. The average molecular weight is 736 g/mol. The van der Waals surface area contributed by atoms with Gasteiger partial charge in [0.1, 0.15) is 0 Å². The van der Waals surface area contributed by atoms with Crippen LogP contribution in [-0.4, -0.2) is 36.7 Å². The van der Waals surface area contributed by atoms with Crippen LogP contribution < -0.4 is 19.9 Å². The monoisotopic (exact) mass is 735 g/mol. The number of nitrogens with one attached hydrogen (secondary N) is 1. The van der Waals surface area contributed by atoms with E-state index in [4.69, 9.17) is 24.1 Å². The quantitative estimate of drug-likeness (QED) is 0.0849. The molecule has 0 radical (unpaired) electrons. The van der Waals surface area contributed by atoms with E-state index in [1.165, 1.54) is 44.8 Å². The molecule has 1 fully saturated rings. The van der Waals surface area contributed by atoms with Crippen molar-refractivity contribution in [1.29, 1.82) is 0 Å². The summed E-state index contributed by atoms with van der Waals surface area (Å²) in [6, 6.07) is 23.0. The van der Waals surface area contributed by atoms with E-state index >= 15 is 0 Å². The van der Waals surface area contributed by atoms with Crippen molar-refractivity contribution in [2.75, 3.05) is 42.4 Å². The molecule has 0 aliphatic carbocycles. The van der Waals surface area contributed by atoms with Gasteiger partial charge in [0, 0.05) is 24.5 Å². The summed E-state index contributed by atoms with van der Waals surface area (Å²) in [5.74, 6) is 1.73. The van der Waals surface area contributed by atoms with Crippen molar-refractivity contribution in [2.45, 2.75) is 48.1 Å². The Bertz CT molecular complexity index is 1560. The molecule has 242 valence electrons. The molecule has 4 aromatic carbocycles. The molecule has 0 bridgehead atoms. The Hall–Kier alpha value is -3.05. The molecule has 8 heteroatoms. The molecular formula is C37H45Cl2N3O2Ru. The number of hydrogen-bond donors (Lipinski definition) is 1. The maximum absolute atomic E-state index is 6.02. The molecule has 0 atom stereocenters. The van der Waals surface area contributed by atoms with Crippen LogP contribution in [0.1, 0.15) is 44.5 Å². The molecule has 0 saturated carbocycles. The van der Waals surface area contributed by atoms with Crippen LogP contribution in [0.4, 0.5) is 17.1 Å². The van der Waals surface area contributed by atoms with E-state index in [1.807, 2.05) is 47.1 Å². The first kappa shape index (κ1) is 34.8. The fraction of sp³-hybridized carbons (Fsp3) is 0.297. The topological polar surface area (TPSA) is 40.5 Å². The van der Waals surface area contributed by atoms with Crippen LogP contribution in [0.25, 0.3) is 0 Å². The third-order valence-electron chi connectivity index (χ3n) is 7.86. The van der Waals surface area contributed by atoms with Crippen molar-refractivity contribution in [2.24, 2.45) is 0 Å². The number of halogens is 2. The summed E-state index contributed by atoms with van der Waals surface area (Å²) >= 11 is -1.90. The molecule has 0 aromatic heterocycles. The fourth-order valence-electron chi connectivity index (χ4n) is 6.14. The third kappa shape index (κ3) is 9.03. The van der Waals surface area contributed by atoms with E-state index < -0.39 is 13.5 Å². The number of aryl methyl sites for hydroxylation is 6. The van der Waals surface area contributed by atoms with Crippen molar-refractivity contribution in [3.8, 4) is 11.5 Å². The largest absolute Gasteiger partial charge is 0.502 e. The molecule has 0 spiro atoms. The molecular weight excluding hydrogens is 690 g/mol. The molecule has 1 aliphatic heterocycles. The van der Waals surface area contributed by atoms with Crippen molar-refractivity contribution in [3.63, 3.8) is 0 Å². The predicted molar refractivity (Wildman–Crippen MR) is 192 cm³/mol. The summed E-state index contributed by atoms with van der Waals surface area (Å²) in [6.45, 7) is 18.2. The van der Waals surface area contributed by atoms with Crippen LogP contribution in [0.2, 0.25) is 0 Å². The van der Waals surface area contributed by atoms with Crippen molar-refractivity contribution < 1.29 is 23.0 Å². The van der Waals surface area contributed by atoms with Gasteiger partial charge in [-0.3, -0.25) is 0 Å². The van der Waals surface area contributed by atoms with Gasteiger partial charge in [-0.15, -0.1) is 0 Å². The number of hydrogen-bond acceptors (Lipinski definition) is 4. The maximum Gasteiger partial charge on any atom is 0.0146 e. The number of rotatable bonds is 8. The van der Waals surface area contributed by atoms with Crippen LogP contribution in [0.15, 0.2) is 66.7 Å². The first-order valence-corrected chi connectivity index (χ1v) is 20.5. The van der Waals surface area contributed by atoms with Gasteiger partial charge in [0.25, 0.3) is 0 Å². The minimum absolute atomic E-state index is 0.665. The zero-order chi connectivity index (χ0) is 32.7. The van der Waals surface area contributed by atoms with Gasteiger partial charge in [0.15, 0.2) is 0 Å². The number of aliphatic hydroxyl groups is 1. The number of para-hydroxylation sites is 2. The molecule has 0 unspecified atom stereocenters. The van der Waals surface area contributed by atoms with Gasteiger partial charge in [-0.25, -0.2) is 0 Å². The summed E-state index contributed by atoms with van der Waals surface area (Å²) in [7, 11) is 15.5. The number of anilines is 3. The average Bonchev–Trinajstić information content (AvgIpc) is 3.44. The molecule has 1 heterocycles. The Morgan fingerprint density at radius 1 is 0.822 bits per heavy atom. The summed E-state index contributed by atoms with van der Waals surface area (Å²) in [4.78, 5) is 4.81. The summed E-state index contributed by atoms with van der Waals surface area (Å²) in [5.41, 5.74) is 14.0. The molecule has 0 amide bonds. The van der Waals surface area contributed by atoms with E-state index in [0.29, 0.717) is 6.54 Å². The fourth-order valence-corrected chi connectivity index (χ4v) is 8.00. The Morgan fingerprint density at radius 3 is 1.84 bits per heavy atom. The Labute approximate surface area is 282 Å². The van der Waals surface area contributed by atoms with Crippen molar-refractivity contribution in [1.82, 2.24) is 0 Å². The van der Waals surface area contributed by atoms with Gasteiger partial charge in [-0.2, -0.15) is 6.67 Å². The van der Waals surface area contributed by atoms with E-state index in [1.54, 1.807) is 14.2 Å². The van der Waals surface area contributed by atoms with E-state index in [-0.39, 0.29) is 0 Å². The molecule has 5 rings (SSSR count). The van der Waals surface area contributed by atoms with Crippen LogP contribution in [0.3, 0.4) is 0 Å². The van der Waals surface area contributed by atoms with Crippen LogP contribution in [0, 0.1) is 48.2 Å². The molecule has 1 aliphatic rings.